The number of aromatic amines is 1. The molecular weight excluding hydrogens is 204 g/mol. The fourth-order valence-electron chi connectivity index (χ4n) is 1.66. The number of hydrogen-bond donors (Lipinski definition) is 2. The predicted octanol–water partition coefficient (Wildman–Crippen LogP) is 0.949. The number of nitrogens with zero attached hydrogens (tertiary/aromatic N) is 3. The predicted molar refractivity (Wildman–Crippen MR) is 63.6 cm³/mol. The first-order valence-corrected chi connectivity index (χ1v) is 5.34. The Balaban J connectivity index is 2.44. The van der Waals surface area contributed by atoms with Gasteiger partial charge in [-0.25, -0.2) is 9.97 Å². The Morgan fingerprint density at radius 2 is 2.19 bits per heavy atom. The van der Waals surface area contributed by atoms with Crippen molar-refractivity contribution >= 4 is 16.9 Å². The summed E-state index contributed by atoms with van der Waals surface area (Å²) in [6.45, 7) is 0.170. The SMILES string of the molecule is CN(C)c1nc(CCCO)nc2[nH]ccc12. The van der Waals surface area contributed by atoms with Crippen LogP contribution in [0.25, 0.3) is 11.0 Å². The lowest BCUT2D eigenvalue weighted by Crippen LogP contribution is -2.13. The van der Waals surface area contributed by atoms with Gasteiger partial charge in [0.1, 0.15) is 17.3 Å². The zero-order chi connectivity index (χ0) is 11.5. The molecule has 2 rings (SSSR count). The highest BCUT2D eigenvalue weighted by Gasteiger charge is 2.09. The van der Waals surface area contributed by atoms with Gasteiger partial charge < -0.3 is 15.0 Å². The molecule has 0 aliphatic carbocycles. The van der Waals surface area contributed by atoms with Crippen molar-refractivity contribution in [2.75, 3.05) is 25.6 Å². The molecule has 86 valence electrons. The van der Waals surface area contributed by atoms with Crippen molar-refractivity contribution in [2.24, 2.45) is 0 Å². The molecule has 2 aromatic rings. The summed E-state index contributed by atoms with van der Waals surface area (Å²) in [7, 11) is 3.93. The second kappa shape index (κ2) is 4.49. The van der Waals surface area contributed by atoms with Crippen molar-refractivity contribution in [3.63, 3.8) is 0 Å². The largest absolute Gasteiger partial charge is 0.396 e. The van der Waals surface area contributed by atoms with E-state index in [2.05, 4.69) is 15.0 Å². The van der Waals surface area contributed by atoms with E-state index >= 15 is 0 Å². The van der Waals surface area contributed by atoms with Gasteiger partial charge in [-0.3, -0.25) is 0 Å². The van der Waals surface area contributed by atoms with Crippen molar-refractivity contribution < 1.29 is 5.11 Å². The summed E-state index contributed by atoms with van der Waals surface area (Å²) in [5.41, 5.74) is 0.853. The van der Waals surface area contributed by atoms with Crippen LogP contribution in [-0.2, 0) is 6.42 Å². The summed E-state index contributed by atoms with van der Waals surface area (Å²) in [5.74, 6) is 1.69. The molecule has 2 N–H and O–H groups in total. The van der Waals surface area contributed by atoms with E-state index in [1.54, 1.807) is 0 Å². The first-order chi connectivity index (χ1) is 7.72. The van der Waals surface area contributed by atoms with Crippen LogP contribution < -0.4 is 4.90 Å². The van der Waals surface area contributed by atoms with Crippen LogP contribution in [0.15, 0.2) is 12.3 Å². The van der Waals surface area contributed by atoms with Crippen LogP contribution >= 0.6 is 0 Å². The van der Waals surface area contributed by atoms with Gasteiger partial charge in [0.15, 0.2) is 0 Å². The van der Waals surface area contributed by atoms with Crippen LogP contribution in [0.4, 0.5) is 5.82 Å². The first-order valence-electron chi connectivity index (χ1n) is 5.34. The third kappa shape index (κ3) is 1.99. The van der Waals surface area contributed by atoms with Gasteiger partial charge in [0.25, 0.3) is 0 Å². The number of anilines is 1. The molecule has 2 aromatic heterocycles. The molecule has 0 aliphatic heterocycles. The minimum Gasteiger partial charge on any atom is -0.396 e. The molecule has 0 spiro atoms. The number of hydrogen-bond acceptors (Lipinski definition) is 4. The summed E-state index contributed by atoms with van der Waals surface area (Å²) in [6, 6.07) is 1.97. The number of aliphatic hydroxyl groups excluding tert-OH is 1. The Hall–Kier alpha value is -1.62. The molecule has 0 aliphatic rings. The summed E-state index contributed by atoms with van der Waals surface area (Å²) >= 11 is 0. The summed E-state index contributed by atoms with van der Waals surface area (Å²) in [5, 5.41) is 9.83. The molecule has 2 heterocycles. The van der Waals surface area contributed by atoms with E-state index in [0.717, 1.165) is 22.7 Å². The van der Waals surface area contributed by atoms with Crippen LogP contribution in [0.5, 0.6) is 0 Å². The molecule has 0 amide bonds. The molecule has 5 heteroatoms. The Labute approximate surface area is 94.1 Å². The molecule has 16 heavy (non-hydrogen) atoms. The third-order valence-electron chi connectivity index (χ3n) is 2.42. The first kappa shape index (κ1) is 10.9. The van der Waals surface area contributed by atoms with E-state index in [1.807, 2.05) is 31.3 Å². The van der Waals surface area contributed by atoms with E-state index in [9.17, 15) is 0 Å². The fourth-order valence-corrected chi connectivity index (χ4v) is 1.66. The van der Waals surface area contributed by atoms with Crippen LogP contribution in [0.3, 0.4) is 0 Å². The highest BCUT2D eigenvalue weighted by atomic mass is 16.2. The van der Waals surface area contributed by atoms with Crippen molar-refractivity contribution in [1.29, 1.82) is 0 Å². The summed E-state index contributed by atoms with van der Waals surface area (Å²) in [4.78, 5) is 14.0. The van der Waals surface area contributed by atoms with Gasteiger partial charge >= 0.3 is 0 Å². The van der Waals surface area contributed by atoms with Crippen molar-refractivity contribution in [1.82, 2.24) is 15.0 Å². The smallest absolute Gasteiger partial charge is 0.143 e. The standard InChI is InChI=1S/C11H16N4O/c1-15(2)11-8-5-6-12-10(8)13-9(14-11)4-3-7-16/h5-6,16H,3-4,7H2,1-2H3,(H,12,13,14). The Bertz CT molecular complexity index is 478. The normalized spacial score (nSPS) is 10.9. The molecule has 0 atom stereocenters. The van der Waals surface area contributed by atoms with Crippen molar-refractivity contribution in [2.45, 2.75) is 12.8 Å². The highest BCUT2D eigenvalue weighted by Crippen LogP contribution is 2.21. The van der Waals surface area contributed by atoms with E-state index in [0.29, 0.717) is 12.8 Å². The van der Waals surface area contributed by atoms with Gasteiger partial charge in [0.2, 0.25) is 0 Å². The molecular formula is C11H16N4O. The molecule has 0 saturated carbocycles. The third-order valence-corrected chi connectivity index (χ3v) is 2.42. The zero-order valence-corrected chi connectivity index (χ0v) is 9.56. The van der Waals surface area contributed by atoms with Crippen molar-refractivity contribution in [3.05, 3.63) is 18.1 Å². The molecule has 5 nitrogen and oxygen atoms in total. The number of nitrogens with one attached hydrogen (secondary N) is 1. The Kier molecular flexibility index (Phi) is 3.05. The number of aromatic nitrogens is 3. The van der Waals surface area contributed by atoms with Gasteiger partial charge in [0.05, 0.1) is 5.39 Å². The Morgan fingerprint density at radius 3 is 2.88 bits per heavy atom. The Morgan fingerprint density at radius 1 is 1.38 bits per heavy atom. The molecule has 0 radical (unpaired) electrons. The lowest BCUT2D eigenvalue weighted by Gasteiger charge is -2.13. The average molecular weight is 220 g/mol. The van der Waals surface area contributed by atoms with Gasteiger partial charge in [-0.2, -0.15) is 0 Å². The quantitative estimate of drug-likeness (QED) is 0.805. The topological polar surface area (TPSA) is 65.0 Å². The minimum absolute atomic E-state index is 0.170. The maximum absolute atomic E-state index is 8.81. The van der Waals surface area contributed by atoms with E-state index in [1.165, 1.54) is 0 Å². The van der Waals surface area contributed by atoms with Gasteiger partial charge in [-0.1, -0.05) is 0 Å². The second-order valence-corrected chi connectivity index (χ2v) is 3.92. The average Bonchev–Trinajstić information content (AvgIpc) is 2.72. The van der Waals surface area contributed by atoms with Crippen LogP contribution in [0, 0.1) is 0 Å². The van der Waals surface area contributed by atoms with E-state index in [4.69, 9.17) is 5.11 Å². The maximum Gasteiger partial charge on any atom is 0.143 e. The molecule has 0 fully saturated rings. The molecule has 0 aromatic carbocycles. The van der Waals surface area contributed by atoms with Crippen LogP contribution in [0.2, 0.25) is 0 Å². The lowest BCUT2D eigenvalue weighted by atomic mass is 10.3. The fraction of sp³-hybridized carbons (Fsp3) is 0.455. The summed E-state index contributed by atoms with van der Waals surface area (Å²) in [6.07, 6.45) is 3.26. The van der Waals surface area contributed by atoms with Gasteiger partial charge in [-0.15, -0.1) is 0 Å². The minimum atomic E-state index is 0.170. The van der Waals surface area contributed by atoms with Gasteiger partial charge in [0, 0.05) is 33.3 Å². The highest BCUT2D eigenvalue weighted by molar-refractivity contribution is 5.87. The molecule has 0 unspecified atom stereocenters. The van der Waals surface area contributed by atoms with Crippen molar-refractivity contribution in [3.8, 4) is 0 Å². The monoisotopic (exact) mass is 220 g/mol. The van der Waals surface area contributed by atoms with E-state index in [-0.39, 0.29) is 6.61 Å². The van der Waals surface area contributed by atoms with Crippen LogP contribution in [0.1, 0.15) is 12.2 Å². The molecule has 0 bridgehead atoms. The number of aryl methyl sites for hydroxylation is 1. The van der Waals surface area contributed by atoms with E-state index < -0.39 is 0 Å². The maximum atomic E-state index is 8.81. The number of rotatable bonds is 4. The van der Waals surface area contributed by atoms with Gasteiger partial charge in [-0.05, 0) is 12.5 Å². The second-order valence-electron chi connectivity index (χ2n) is 3.92. The zero-order valence-electron chi connectivity index (χ0n) is 9.56. The lowest BCUT2D eigenvalue weighted by molar-refractivity contribution is 0.287. The van der Waals surface area contributed by atoms with Crippen LogP contribution in [-0.4, -0.2) is 40.8 Å². The number of aliphatic hydroxyl groups is 1. The number of fused-ring (bicyclic) bond motifs is 1. The number of H-pyrrole nitrogens is 1. The molecule has 0 saturated heterocycles. The summed E-state index contributed by atoms with van der Waals surface area (Å²) < 4.78 is 0.